The molecule has 0 fully saturated rings. The molecule has 19 heavy (non-hydrogen) atoms. The zero-order chi connectivity index (χ0) is 14.5. The van der Waals surface area contributed by atoms with Gasteiger partial charge in [0.05, 0.1) is 4.90 Å². The molecule has 1 aromatic carbocycles. The summed E-state index contributed by atoms with van der Waals surface area (Å²) in [5.41, 5.74) is 0.332. The van der Waals surface area contributed by atoms with Crippen LogP contribution in [0, 0.1) is 12.7 Å². The molecule has 0 bridgehead atoms. The van der Waals surface area contributed by atoms with Crippen molar-refractivity contribution >= 4 is 16.0 Å². The summed E-state index contributed by atoms with van der Waals surface area (Å²) in [5, 5.41) is 8.44. The molecule has 0 spiro atoms. The van der Waals surface area contributed by atoms with Crippen molar-refractivity contribution in [1.29, 1.82) is 0 Å². The summed E-state index contributed by atoms with van der Waals surface area (Å²) < 4.78 is 39.1. The normalized spacial score (nSPS) is 11.5. The molecule has 0 aliphatic carbocycles. The minimum atomic E-state index is -3.67. The first kappa shape index (κ1) is 15.6. The van der Waals surface area contributed by atoms with Crippen molar-refractivity contribution in [2.75, 3.05) is 6.54 Å². The first-order valence-electron chi connectivity index (χ1n) is 5.80. The van der Waals surface area contributed by atoms with E-state index in [1.54, 1.807) is 0 Å². The molecule has 0 saturated carbocycles. The largest absolute Gasteiger partial charge is 0.481 e. The van der Waals surface area contributed by atoms with Crippen LogP contribution in [0.2, 0.25) is 0 Å². The summed E-state index contributed by atoms with van der Waals surface area (Å²) in [7, 11) is -3.67. The van der Waals surface area contributed by atoms with Crippen LogP contribution in [-0.4, -0.2) is 26.0 Å². The van der Waals surface area contributed by atoms with Gasteiger partial charge in [-0.25, -0.2) is 17.5 Å². The summed E-state index contributed by atoms with van der Waals surface area (Å²) >= 11 is 0. The van der Waals surface area contributed by atoms with Crippen LogP contribution >= 0.6 is 0 Å². The van der Waals surface area contributed by atoms with E-state index in [2.05, 4.69) is 4.72 Å². The number of unbranched alkanes of at least 4 members (excludes halogenated alkanes) is 1. The standard InChI is InChI=1S/C12H16FNO4S/c1-9-8-10(13)5-6-11(9)19(17,18)14-7-3-2-4-12(15)16/h5-6,8,14H,2-4,7H2,1H3,(H,15,16). The lowest BCUT2D eigenvalue weighted by molar-refractivity contribution is -0.137. The average molecular weight is 289 g/mol. The summed E-state index contributed by atoms with van der Waals surface area (Å²) in [6.45, 7) is 1.68. The Balaban J connectivity index is 2.59. The van der Waals surface area contributed by atoms with Crippen LogP contribution in [-0.2, 0) is 14.8 Å². The predicted molar refractivity (Wildman–Crippen MR) is 67.8 cm³/mol. The third-order valence-electron chi connectivity index (χ3n) is 2.54. The van der Waals surface area contributed by atoms with Gasteiger partial charge in [-0.15, -0.1) is 0 Å². The van der Waals surface area contributed by atoms with Crippen LogP contribution in [0.4, 0.5) is 4.39 Å². The lowest BCUT2D eigenvalue weighted by atomic mass is 10.2. The molecule has 0 aliphatic rings. The van der Waals surface area contributed by atoms with Gasteiger partial charge in [0, 0.05) is 13.0 Å². The monoisotopic (exact) mass is 289 g/mol. The van der Waals surface area contributed by atoms with Gasteiger partial charge in [0.1, 0.15) is 5.82 Å². The number of benzene rings is 1. The molecule has 106 valence electrons. The number of carboxylic acids is 1. The van der Waals surface area contributed by atoms with Crippen LogP contribution in [0.15, 0.2) is 23.1 Å². The van der Waals surface area contributed by atoms with Crippen LogP contribution < -0.4 is 4.72 Å². The van der Waals surface area contributed by atoms with Crippen molar-refractivity contribution in [2.45, 2.75) is 31.1 Å². The Kier molecular flexibility index (Phi) is 5.44. The number of rotatable bonds is 7. The fourth-order valence-electron chi connectivity index (χ4n) is 1.60. The van der Waals surface area contributed by atoms with E-state index in [4.69, 9.17) is 5.11 Å². The van der Waals surface area contributed by atoms with Crippen LogP contribution in [0.5, 0.6) is 0 Å². The number of aliphatic carboxylic acids is 1. The quantitative estimate of drug-likeness (QED) is 0.748. The van der Waals surface area contributed by atoms with Gasteiger partial charge in [-0.1, -0.05) is 0 Å². The number of hydrogen-bond donors (Lipinski definition) is 2. The number of aryl methyl sites for hydroxylation is 1. The average Bonchev–Trinajstić information content (AvgIpc) is 2.27. The molecule has 0 aliphatic heterocycles. The van der Waals surface area contributed by atoms with Crippen LogP contribution in [0.3, 0.4) is 0 Å². The number of hydrogen-bond acceptors (Lipinski definition) is 3. The molecular formula is C12H16FNO4S. The highest BCUT2D eigenvalue weighted by molar-refractivity contribution is 7.89. The van der Waals surface area contributed by atoms with E-state index >= 15 is 0 Å². The molecular weight excluding hydrogens is 273 g/mol. The molecule has 2 N–H and O–H groups in total. The van der Waals surface area contributed by atoms with Crippen molar-refractivity contribution in [1.82, 2.24) is 4.72 Å². The molecule has 0 radical (unpaired) electrons. The van der Waals surface area contributed by atoms with Crippen molar-refractivity contribution in [3.8, 4) is 0 Å². The minimum Gasteiger partial charge on any atom is -0.481 e. The second-order valence-electron chi connectivity index (χ2n) is 4.16. The van der Waals surface area contributed by atoms with Gasteiger partial charge in [-0.05, 0) is 43.5 Å². The number of nitrogens with one attached hydrogen (secondary N) is 1. The molecule has 0 unspecified atom stereocenters. The highest BCUT2D eigenvalue weighted by Crippen LogP contribution is 2.15. The van der Waals surface area contributed by atoms with Gasteiger partial charge in [-0.3, -0.25) is 4.79 Å². The third-order valence-corrected chi connectivity index (χ3v) is 4.16. The van der Waals surface area contributed by atoms with Crippen molar-refractivity contribution in [2.24, 2.45) is 0 Å². The topological polar surface area (TPSA) is 83.5 Å². The van der Waals surface area contributed by atoms with E-state index in [-0.39, 0.29) is 17.9 Å². The van der Waals surface area contributed by atoms with Crippen LogP contribution in [0.25, 0.3) is 0 Å². The van der Waals surface area contributed by atoms with Gasteiger partial charge >= 0.3 is 5.97 Å². The van der Waals surface area contributed by atoms with E-state index in [0.29, 0.717) is 18.4 Å². The molecule has 5 nitrogen and oxygen atoms in total. The predicted octanol–water partition coefficient (Wildman–Crippen LogP) is 1.67. The van der Waals surface area contributed by atoms with E-state index in [1.165, 1.54) is 13.0 Å². The summed E-state index contributed by atoms with van der Waals surface area (Å²) in [4.78, 5) is 10.3. The second-order valence-corrected chi connectivity index (χ2v) is 5.89. The molecule has 0 atom stereocenters. The number of carboxylic acid groups (broad SMARTS) is 1. The first-order valence-corrected chi connectivity index (χ1v) is 7.29. The van der Waals surface area contributed by atoms with E-state index in [0.717, 1.165) is 12.1 Å². The van der Waals surface area contributed by atoms with Crippen molar-refractivity contribution < 1.29 is 22.7 Å². The van der Waals surface area contributed by atoms with Crippen molar-refractivity contribution in [3.63, 3.8) is 0 Å². The molecule has 0 amide bonds. The highest BCUT2D eigenvalue weighted by Gasteiger charge is 2.16. The van der Waals surface area contributed by atoms with Gasteiger partial charge in [0.15, 0.2) is 0 Å². The Morgan fingerprint density at radius 1 is 1.37 bits per heavy atom. The molecule has 0 aromatic heterocycles. The smallest absolute Gasteiger partial charge is 0.303 e. The zero-order valence-electron chi connectivity index (χ0n) is 10.5. The number of carbonyl (C=O) groups is 1. The molecule has 1 rings (SSSR count). The molecule has 0 saturated heterocycles. The third kappa shape index (κ3) is 4.96. The van der Waals surface area contributed by atoms with E-state index < -0.39 is 21.8 Å². The van der Waals surface area contributed by atoms with Crippen LogP contribution in [0.1, 0.15) is 24.8 Å². The maximum atomic E-state index is 12.9. The Hall–Kier alpha value is -1.47. The lowest BCUT2D eigenvalue weighted by Gasteiger charge is -2.09. The maximum Gasteiger partial charge on any atom is 0.303 e. The fraction of sp³-hybridized carbons (Fsp3) is 0.417. The maximum absolute atomic E-state index is 12.9. The zero-order valence-corrected chi connectivity index (χ0v) is 11.3. The Morgan fingerprint density at radius 3 is 2.63 bits per heavy atom. The van der Waals surface area contributed by atoms with E-state index in [9.17, 15) is 17.6 Å². The van der Waals surface area contributed by atoms with Gasteiger partial charge < -0.3 is 5.11 Å². The molecule has 1 aromatic rings. The van der Waals surface area contributed by atoms with E-state index in [1.807, 2.05) is 0 Å². The summed E-state index contributed by atoms with van der Waals surface area (Å²) in [6, 6.07) is 3.45. The Morgan fingerprint density at radius 2 is 2.05 bits per heavy atom. The SMILES string of the molecule is Cc1cc(F)ccc1S(=O)(=O)NCCCCC(=O)O. The molecule has 0 heterocycles. The van der Waals surface area contributed by atoms with Gasteiger partial charge in [0.2, 0.25) is 10.0 Å². The van der Waals surface area contributed by atoms with Gasteiger partial charge in [-0.2, -0.15) is 0 Å². The minimum absolute atomic E-state index is 0.0112. The molecule has 7 heteroatoms. The second kappa shape index (κ2) is 6.63. The summed E-state index contributed by atoms with van der Waals surface area (Å²) in [6.07, 6.45) is 0.851. The summed E-state index contributed by atoms with van der Waals surface area (Å²) in [5.74, 6) is -1.39. The van der Waals surface area contributed by atoms with Gasteiger partial charge in [0.25, 0.3) is 0 Å². The first-order chi connectivity index (χ1) is 8.83. The lowest BCUT2D eigenvalue weighted by Crippen LogP contribution is -2.25. The van der Waals surface area contributed by atoms with Crippen molar-refractivity contribution in [3.05, 3.63) is 29.6 Å². The Bertz CT molecular complexity index is 557. The Labute approximate surface area is 111 Å². The number of halogens is 1. The fourth-order valence-corrected chi connectivity index (χ4v) is 2.90. The number of sulfonamides is 1. The highest BCUT2D eigenvalue weighted by atomic mass is 32.2.